The van der Waals surface area contributed by atoms with Gasteiger partial charge in [-0.15, -0.1) is 0 Å². The van der Waals surface area contributed by atoms with Crippen LogP contribution in [0.25, 0.3) is 0 Å². The fourth-order valence-corrected chi connectivity index (χ4v) is 2.27. The van der Waals surface area contributed by atoms with E-state index in [-0.39, 0.29) is 18.2 Å². The van der Waals surface area contributed by atoms with Gasteiger partial charge in [0.2, 0.25) is 0 Å². The Labute approximate surface area is 143 Å². The summed E-state index contributed by atoms with van der Waals surface area (Å²) in [6.07, 6.45) is -0.335. The average Bonchev–Trinajstić information content (AvgIpc) is 2.64. The van der Waals surface area contributed by atoms with Crippen molar-refractivity contribution in [1.29, 1.82) is 0 Å². The van der Waals surface area contributed by atoms with E-state index in [4.69, 9.17) is 14.2 Å². The minimum absolute atomic E-state index is 0.0495. The summed E-state index contributed by atoms with van der Waals surface area (Å²) < 4.78 is 29.1. The van der Waals surface area contributed by atoms with Gasteiger partial charge in [-0.05, 0) is 30.3 Å². The molecule has 0 unspecified atom stereocenters. The van der Waals surface area contributed by atoms with Crippen molar-refractivity contribution >= 4 is 11.9 Å². The lowest BCUT2D eigenvalue weighted by atomic mass is 10.2. The Morgan fingerprint density at radius 1 is 1.16 bits per heavy atom. The number of carbonyl (C=O) groups excluding carboxylic acids is 2. The second-order valence-electron chi connectivity index (χ2n) is 5.39. The van der Waals surface area contributed by atoms with Crippen LogP contribution in [0.2, 0.25) is 0 Å². The average molecular weight is 345 g/mol. The highest BCUT2D eigenvalue weighted by atomic mass is 19.1. The van der Waals surface area contributed by atoms with Crippen molar-refractivity contribution in [2.45, 2.75) is 6.10 Å². The van der Waals surface area contributed by atoms with E-state index in [0.717, 1.165) is 6.07 Å². The van der Waals surface area contributed by atoms with Crippen LogP contribution in [0.4, 0.5) is 4.39 Å². The van der Waals surface area contributed by atoms with Crippen LogP contribution in [0.5, 0.6) is 11.5 Å². The molecule has 1 heterocycles. The summed E-state index contributed by atoms with van der Waals surface area (Å²) >= 11 is 0. The van der Waals surface area contributed by atoms with Gasteiger partial charge in [-0.2, -0.15) is 0 Å². The van der Waals surface area contributed by atoms with Gasteiger partial charge in [0.25, 0.3) is 5.91 Å². The Kier molecular flexibility index (Phi) is 5.13. The van der Waals surface area contributed by atoms with Crippen LogP contribution in [-0.4, -0.2) is 37.7 Å². The van der Waals surface area contributed by atoms with E-state index < -0.39 is 24.3 Å². The molecule has 2 aromatic rings. The Balaban J connectivity index is 1.42. The SMILES string of the molecule is O=C(COC(=O)c1cccc(F)c1)NC[C@@H]1COc2ccccc2O1. The molecule has 0 saturated carbocycles. The first-order valence-electron chi connectivity index (χ1n) is 7.69. The standard InChI is InChI=1S/C18H16FNO5/c19-13-5-3-4-12(8-13)18(22)24-11-17(21)20-9-14-10-23-15-6-1-2-7-16(15)25-14/h1-8,14H,9-11H2,(H,20,21)/t14-/m1/s1. The number of nitrogens with one attached hydrogen (secondary N) is 1. The molecule has 1 aliphatic heterocycles. The lowest BCUT2D eigenvalue weighted by Crippen LogP contribution is -2.42. The van der Waals surface area contributed by atoms with E-state index in [1.807, 2.05) is 12.1 Å². The molecule has 1 atom stereocenters. The van der Waals surface area contributed by atoms with Gasteiger partial charge in [-0.3, -0.25) is 4.79 Å². The molecule has 6 nitrogen and oxygen atoms in total. The largest absolute Gasteiger partial charge is 0.486 e. The Morgan fingerprint density at radius 2 is 1.96 bits per heavy atom. The van der Waals surface area contributed by atoms with Crippen molar-refractivity contribution in [3.8, 4) is 11.5 Å². The molecule has 1 N–H and O–H groups in total. The van der Waals surface area contributed by atoms with Crippen LogP contribution in [-0.2, 0) is 9.53 Å². The number of fused-ring (bicyclic) bond motifs is 1. The molecule has 0 radical (unpaired) electrons. The summed E-state index contributed by atoms with van der Waals surface area (Å²) in [6, 6.07) is 12.3. The summed E-state index contributed by atoms with van der Waals surface area (Å²) in [6.45, 7) is 0.0601. The zero-order valence-electron chi connectivity index (χ0n) is 13.2. The van der Waals surface area contributed by atoms with Crippen molar-refractivity contribution in [3.05, 3.63) is 59.9 Å². The molecular weight excluding hydrogens is 329 g/mol. The van der Waals surface area contributed by atoms with E-state index in [9.17, 15) is 14.0 Å². The lowest BCUT2D eigenvalue weighted by molar-refractivity contribution is -0.124. The lowest BCUT2D eigenvalue weighted by Gasteiger charge is -2.26. The highest BCUT2D eigenvalue weighted by Crippen LogP contribution is 2.30. The van der Waals surface area contributed by atoms with Gasteiger partial charge in [0.05, 0.1) is 12.1 Å². The van der Waals surface area contributed by atoms with Gasteiger partial charge in [0.1, 0.15) is 18.5 Å². The highest BCUT2D eigenvalue weighted by Gasteiger charge is 2.21. The first-order chi connectivity index (χ1) is 12.1. The van der Waals surface area contributed by atoms with E-state index in [1.165, 1.54) is 18.2 Å². The van der Waals surface area contributed by atoms with Crippen LogP contribution in [0.1, 0.15) is 10.4 Å². The molecule has 0 bridgehead atoms. The van der Waals surface area contributed by atoms with Crippen molar-refractivity contribution in [2.75, 3.05) is 19.8 Å². The molecule has 0 fully saturated rings. The molecule has 1 aliphatic rings. The van der Waals surface area contributed by atoms with Crippen molar-refractivity contribution in [3.63, 3.8) is 0 Å². The topological polar surface area (TPSA) is 73.9 Å². The maximum atomic E-state index is 13.0. The molecule has 130 valence electrons. The van der Waals surface area contributed by atoms with Crippen LogP contribution < -0.4 is 14.8 Å². The fraction of sp³-hybridized carbons (Fsp3) is 0.222. The second kappa shape index (κ2) is 7.65. The van der Waals surface area contributed by atoms with Gasteiger partial charge < -0.3 is 19.5 Å². The van der Waals surface area contributed by atoms with E-state index in [1.54, 1.807) is 12.1 Å². The first kappa shape index (κ1) is 16.8. The van der Waals surface area contributed by atoms with E-state index in [2.05, 4.69) is 5.32 Å². The van der Waals surface area contributed by atoms with Crippen molar-refractivity contribution < 1.29 is 28.2 Å². The minimum Gasteiger partial charge on any atom is -0.486 e. The molecule has 2 aromatic carbocycles. The molecule has 3 rings (SSSR count). The zero-order chi connectivity index (χ0) is 17.6. The molecule has 0 aliphatic carbocycles. The first-order valence-corrected chi connectivity index (χ1v) is 7.69. The van der Waals surface area contributed by atoms with Crippen LogP contribution in [0, 0.1) is 5.82 Å². The summed E-state index contributed by atoms with van der Waals surface area (Å²) in [7, 11) is 0. The minimum atomic E-state index is -0.763. The predicted octanol–water partition coefficient (Wildman–Crippen LogP) is 1.94. The zero-order valence-corrected chi connectivity index (χ0v) is 13.2. The second-order valence-corrected chi connectivity index (χ2v) is 5.39. The van der Waals surface area contributed by atoms with Gasteiger partial charge in [0.15, 0.2) is 18.1 Å². The number of benzene rings is 2. The molecule has 0 aromatic heterocycles. The van der Waals surface area contributed by atoms with Gasteiger partial charge in [-0.1, -0.05) is 18.2 Å². The van der Waals surface area contributed by atoms with Crippen molar-refractivity contribution in [1.82, 2.24) is 5.32 Å². The Morgan fingerprint density at radius 3 is 2.76 bits per heavy atom. The number of hydrogen-bond donors (Lipinski definition) is 1. The highest BCUT2D eigenvalue weighted by molar-refractivity contribution is 5.91. The third-order valence-corrected chi connectivity index (χ3v) is 3.49. The Bertz CT molecular complexity index is 780. The van der Waals surface area contributed by atoms with Crippen LogP contribution in [0.3, 0.4) is 0 Å². The smallest absolute Gasteiger partial charge is 0.338 e. The van der Waals surface area contributed by atoms with E-state index >= 15 is 0 Å². The van der Waals surface area contributed by atoms with Gasteiger partial charge in [-0.25, -0.2) is 9.18 Å². The van der Waals surface area contributed by atoms with E-state index in [0.29, 0.717) is 18.1 Å². The Hall–Kier alpha value is -3.09. The predicted molar refractivity (Wildman–Crippen MR) is 86.0 cm³/mol. The molecule has 0 saturated heterocycles. The maximum absolute atomic E-state index is 13.0. The number of esters is 1. The number of halogens is 1. The van der Waals surface area contributed by atoms with Crippen LogP contribution in [0.15, 0.2) is 48.5 Å². The molecule has 7 heteroatoms. The summed E-state index contributed by atoms with van der Waals surface area (Å²) in [5.74, 6) is -0.513. The molecule has 0 spiro atoms. The number of hydrogen-bond acceptors (Lipinski definition) is 5. The van der Waals surface area contributed by atoms with Gasteiger partial charge >= 0.3 is 5.97 Å². The fourth-order valence-electron chi connectivity index (χ4n) is 2.27. The molecular formula is C18H16FNO5. The number of rotatable bonds is 5. The van der Waals surface area contributed by atoms with Crippen molar-refractivity contribution in [2.24, 2.45) is 0 Å². The number of carbonyl (C=O) groups is 2. The normalized spacial score (nSPS) is 15.3. The molecule has 25 heavy (non-hydrogen) atoms. The third kappa shape index (κ3) is 4.47. The summed E-state index contributed by atoms with van der Waals surface area (Å²) in [5, 5.41) is 2.61. The third-order valence-electron chi connectivity index (χ3n) is 3.49. The quantitative estimate of drug-likeness (QED) is 0.839. The van der Waals surface area contributed by atoms with Crippen LogP contribution >= 0.6 is 0 Å². The maximum Gasteiger partial charge on any atom is 0.338 e. The summed E-state index contributed by atoms with van der Waals surface area (Å²) in [5.41, 5.74) is 0.0495. The summed E-state index contributed by atoms with van der Waals surface area (Å²) in [4.78, 5) is 23.5. The number of amides is 1. The molecule has 1 amide bonds. The monoisotopic (exact) mass is 345 g/mol. The van der Waals surface area contributed by atoms with Gasteiger partial charge in [0, 0.05) is 0 Å². The number of para-hydroxylation sites is 2. The number of ether oxygens (including phenoxy) is 3.